The Bertz CT molecular complexity index is 1570. The number of halogens is 3. The summed E-state index contributed by atoms with van der Waals surface area (Å²) in [5.41, 5.74) is 8.76. The lowest BCUT2D eigenvalue weighted by molar-refractivity contribution is -0.137. The monoisotopic (exact) mass is 493 g/mol. The predicted octanol–water partition coefficient (Wildman–Crippen LogP) is 4.62. The predicted molar refractivity (Wildman–Crippen MR) is 128 cm³/mol. The van der Waals surface area contributed by atoms with Crippen LogP contribution in [0.5, 0.6) is 0 Å². The van der Waals surface area contributed by atoms with E-state index in [9.17, 15) is 18.0 Å². The van der Waals surface area contributed by atoms with Gasteiger partial charge in [-0.25, -0.2) is 4.98 Å². The molecule has 1 atom stereocenters. The first kappa shape index (κ1) is 23.3. The second-order valence-corrected chi connectivity index (χ2v) is 8.56. The number of fused-ring (bicyclic) bond motifs is 3. The molecule has 0 radical (unpaired) electrons. The van der Waals surface area contributed by atoms with E-state index >= 15 is 0 Å². The van der Waals surface area contributed by atoms with Crippen molar-refractivity contribution < 1.29 is 18.0 Å². The van der Waals surface area contributed by atoms with Gasteiger partial charge in [0.25, 0.3) is 5.91 Å². The average molecular weight is 493 g/mol. The van der Waals surface area contributed by atoms with Crippen LogP contribution in [0.15, 0.2) is 67.3 Å². The zero-order valence-corrected chi connectivity index (χ0v) is 19.4. The number of carbonyl (C=O) groups excluding carboxylic acids is 1. The summed E-state index contributed by atoms with van der Waals surface area (Å²) >= 11 is 0. The highest BCUT2D eigenvalue weighted by Crippen LogP contribution is 2.30. The molecule has 8 nitrogen and oxygen atoms in total. The molecule has 11 heteroatoms. The first-order valence-corrected chi connectivity index (χ1v) is 11.1. The Morgan fingerprint density at radius 2 is 1.94 bits per heavy atom. The SMILES string of the molecule is C[C@H](c1cnn(C)c1)N(Cc1ccc(C(F)(F)F)cn1)C(=O)c1ccc2nc(N)c3cccn3c2c1. The number of aromatic nitrogens is 5. The van der Waals surface area contributed by atoms with Crippen molar-refractivity contribution in [3.8, 4) is 0 Å². The number of hydrogen-bond donors (Lipinski definition) is 1. The number of nitrogen functional groups attached to an aromatic ring is 1. The van der Waals surface area contributed by atoms with E-state index in [1.165, 1.54) is 6.07 Å². The van der Waals surface area contributed by atoms with Gasteiger partial charge in [-0.05, 0) is 49.4 Å². The van der Waals surface area contributed by atoms with Crippen LogP contribution in [-0.4, -0.2) is 35.0 Å². The Morgan fingerprint density at radius 1 is 1.14 bits per heavy atom. The van der Waals surface area contributed by atoms with Gasteiger partial charge >= 0.3 is 6.18 Å². The summed E-state index contributed by atoms with van der Waals surface area (Å²) in [4.78, 5) is 23.8. The molecule has 1 aromatic carbocycles. The van der Waals surface area contributed by atoms with E-state index in [0.717, 1.165) is 23.3 Å². The molecule has 5 aromatic rings. The quantitative estimate of drug-likeness (QED) is 0.386. The van der Waals surface area contributed by atoms with Gasteiger partial charge in [0.2, 0.25) is 0 Å². The van der Waals surface area contributed by atoms with E-state index in [1.807, 2.05) is 29.7 Å². The van der Waals surface area contributed by atoms with Gasteiger partial charge < -0.3 is 15.0 Å². The summed E-state index contributed by atoms with van der Waals surface area (Å²) in [6.07, 6.45) is 1.58. The summed E-state index contributed by atoms with van der Waals surface area (Å²) in [7, 11) is 1.77. The lowest BCUT2D eigenvalue weighted by Crippen LogP contribution is -2.33. The number of carbonyl (C=O) groups is 1. The van der Waals surface area contributed by atoms with E-state index < -0.39 is 17.8 Å². The molecule has 4 heterocycles. The minimum Gasteiger partial charge on any atom is -0.382 e. The van der Waals surface area contributed by atoms with Crippen molar-refractivity contribution in [3.63, 3.8) is 0 Å². The van der Waals surface area contributed by atoms with Gasteiger partial charge in [-0.2, -0.15) is 18.3 Å². The fraction of sp³-hybridized carbons (Fsp3) is 0.200. The molecule has 0 saturated heterocycles. The maximum atomic E-state index is 13.8. The van der Waals surface area contributed by atoms with Gasteiger partial charge in [0.1, 0.15) is 5.82 Å². The number of amides is 1. The lowest BCUT2D eigenvalue weighted by atomic mass is 10.1. The Morgan fingerprint density at radius 3 is 2.61 bits per heavy atom. The van der Waals surface area contributed by atoms with Crippen LogP contribution in [-0.2, 0) is 19.8 Å². The summed E-state index contributed by atoms with van der Waals surface area (Å²) in [6, 6.07) is 10.6. The summed E-state index contributed by atoms with van der Waals surface area (Å²) in [6.45, 7) is 1.84. The fourth-order valence-corrected chi connectivity index (χ4v) is 4.18. The first-order valence-electron chi connectivity index (χ1n) is 11.1. The summed E-state index contributed by atoms with van der Waals surface area (Å²) in [5, 5.41) is 4.19. The van der Waals surface area contributed by atoms with Crippen molar-refractivity contribution in [2.24, 2.45) is 7.05 Å². The van der Waals surface area contributed by atoms with Crippen molar-refractivity contribution in [2.75, 3.05) is 5.73 Å². The van der Waals surface area contributed by atoms with E-state index in [-0.39, 0.29) is 12.5 Å². The minimum absolute atomic E-state index is 0.00396. The van der Waals surface area contributed by atoms with Crippen LogP contribution in [0, 0.1) is 0 Å². The Balaban J connectivity index is 1.54. The molecule has 4 aromatic heterocycles. The topological polar surface area (TPSA) is 94.3 Å². The summed E-state index contributed by atoms with van der Waals surface area (Å²) < 4.78 is 42.5. The molecule has 1 amide bonds. The minimum atomic E-state index is -4.49. The van der Waals surface area contributed by atoms with Crippen LogP contribution in [0.3, 0.4) is 0 Å². The van der Waals surface area contributed by atoms with Crippen molar-refractivity contribution in [2.45, 2.75) is 25.7 Å². The Labute approximate surface area is 203 Å². The van der Waals surface area contributed by atoms with Gasteiger partial charge in [-0.15, -0.1) is 0 Å². The van der Waals surface area contributed by atoms with Crippen molar-refractivity contribution in [3.05, 3.63) is 89.6 Å². The van der Waals surface area contributed by atoms with Gasteiger partial charge in [0.05, 0.1) is 46.6 Å². The van der Waals surface area contributed by atoms with E-state index in [2.05, 4.69) is 15.1 Å². The number of benzene rings is 1. The molecule has 0 spiro atoms. The van der Waals surface area contributed by atoms with Crippen molar-refractivity contribution >= 4 is 28.3 Å². The van der Waals surface area contributed by atoms with E-state index in [0.29, 0.717) is 28.1 Å². The Hall–Kier alpha value is -4.41. The maximum Gasteiger partial charge on any atom is 0.417 e. The van der Waals surface area contributed by atoms with Crippen molar-refractivity contribution in [1.82, 2.24) is 29.0 Å². The molecule has 36 heavy (non-hydrogen) atoms. The zero-order chi connectivity index (χ0) is 25.6. The maximum absolute atomic E-state index is 13.8. The number of rotatable bonds is 5. The van der Waals surface area contributed by atoms with Gasteiger partial charge in [-0.1, -0.05) is 0 Å². The second kappa shape index (κ2) is 8.67. The second-order valence-electron chi connectivity index (χ2n) is 8.56. The van der Waals surface area contributed by atoms with Crippen molar-refractivity contribution in [1.29, 1.82) is 0 Å². The molecule has 0 aliphatic heterocycles. The summed E-state index contributed by atoms with van der Waals surface area (Å²) in [5.74, 6) is 0.0684. The smallest absolute Gasteiger partial charge is 0.382 e. The molecule has 0 unspecified atom stereocenters. The van der Waals surface area contributed by atoms with Crippen LogP contribution in [0.2, 0.25) is 0 Å². The molecular weight excluding hydrogens is 471 g/mol. The standard InChI is InChI=1S/C25H22F3N7O/c1-15(17-11-31-33(2)13-17)35(14-19-7-6-18(12-30-19)25(26,27)28)24(36)16-5-8-20-22(10-16)34-9-3-4-21(34)23(29)32-20/h3-13,15H,14H2,1-2H3,(H2,29,32)/t15-/m1/s1. The molecule has 5 rings (SSSR count). The zero-order valence-electron chi connectivity index (χ0n) is 19.4. The molecule has 184 valence electrons. The highest BCUT2D eigenvalue weighted by Gasteiger charge is 2.31. The number of hydrogen-bond acceptors (Lipinski definition) is 5. The number of anilines is 1. The van der Waals surface area contributed by atoms with Crippen LogP contribution in [0.25, 0.3) is 16.6 Å². The Kier molecular flexibility index (Phi) is 5.62. The molecule has 0 saturated carbocycles. The third kappa shape index (κ3) is 4.23. The largest absolute Gasteiger partial charge is 0.417 e. The van der Waals surface area contributed by atoms with Gasteiger partial charge in [-0.3, -0.25) is 14.5 Å². The van der Waals surface area contributed by atoms with Crippen LogP contribution >= 0.6 is 0 Å². The highest BCUT2D eigenvalue weighted by atomic mass is 19.4. The molecule has 0 aliphatic rings. The van der Waals surface area contributed by atoms with Crippen LogP contribution < -0.4 is 5.73 Å². The third-order valence-corrected chi connectivity index (χ3v) is 6.15. The van der Waals surface area contributed by atoms with E-state index in [1.54, 1.807) is 47.2 Å². The van der Waals surface area contributed by atoms with Gasteiger partial charge in [0.15, 0.2) is 0 Å². The van der Waals surface area contributed by atoms with E-state index in [4.69, 9.17) is 5.73 Å². The fourth-order valence-electron chi connectivity index (χ4n) is 4.18. The molecule has 2 N–H and O–H groups in total. The molecule has 0 fully saturated rings. The normalized spacial score (nSPS) is 12.8. The number of pyridine rings is 1. The first-order chi connectivity index (χ1) is 17.1. The highest BCUT2D eigenvalue weighted by molar-refractivity contribution is 5.98. The molecule has 0 aliphatic carbocycles. The molecular formula is C25H22F3N7O. The number of nitrogens with two attached hydrogens (primary N) is 1. The number of aryl methyl sites for hydroxylation is 1. The molecule has 0 bridgehead atoms. The van der Waals surface area contributed by atoms with Crippen LogP contribution in [0.4, 0.5) is 19.0 Å². The van der Waals surface area contributed by atoms with Crippen LogP contribution in [0.1, 0.15) is 40.1 Å². The lowest BCUT2D eigenvalue weighted by Gasteiger charge is -2.29. The number of nitrogens with zero attached hydrogens (tertiary/aromatic N) is 6. The third-order valence-electron chi connectivity index (χ3n) is 6.15. The average Bonchev–Trinajstić information content (AvgIpc) is 3.51. The number of alkyl halides is 3. The van der Waals surface area contributed by atoms with Gasteiger partial charge in [0, 0.05) is 36.8 Å².